The maximum absolute atomic E-state index is 13.6. The monoisotopic (exact) mass is 372 g/mol. The Labute approximate surface area is 142 Å². The molecule has 3 unspecified atom stereocenters. The van der Waals surface area contributed by atoms with E-state index >= 15 is 0 Å². The van der Waals surface area contributed by atoms with E-state index in [-0.39, 0.29) is 16.9 Å². The first-order chi connectivity index (χ1) is 11.6. The summed E-state index contributed by atoms with van der Waals surface area (Å²) >= 11 is 0. The highest BCUT2D eigenvalue weighted by atomic mass is 32.2. The Morgan fingerprint density at radius 3 is 2.20 bits per heavy atom. The minimum atomic E-state index is -4.19. The molecule has 2 N–H and O–H groups in total. The predicted molar refractivity (Wildman–Crippen MR) is 82.9 cm³/mol. The van der Waals surface area contributed by atoms with Crippen molar-refractivity contribution in [3.63, 3.8) is 0 Å². The van der Waals surface area contributed by atoms with Crippen molar-refractivity contribution in [2.75, 3.05) is 0 Å². The summed E-state index contributed by atoms with van der Waals surface area (Å²) < 4.78 is 66.1. The van der Waals surface area contributed by atoms with Gasteiger partial charge in [-0.3, -0.25) is 0 Å². The molecule has 0 amide bonds. The highest BCUT2D eigenvalue weighted by Gasteiger charge is 2.55. The molecular weight excluding hydrogens is 357 g/mol. The molecule has 8 heteroatoms. The SMILES string of the molecule is CCC(O)(c1cc(F)c(F)c(F)c1)C1C(O)c2ccccc2S1(=O)=O. The van der Waals surface area contributed by atoms with E-state index in [0.717, 1.165) is 0 Å². The van der Waals surface area contributed by atoms with Crippen LogP contribution in [0.1, 0.15) is 30.6 Å². The van der Waals surface area contributed by atoms with E-state index in [1.165, 1.54) is 31.2 Å². The van der Waals surface area contributed by atoms with Gasteiger partial charge in [-0.15, -0.1) is 0 Å². The third-order valence-corrected chi connectivity index (χ3v) is 6.96. The minimum Gasteiger partial charge on any atom is -0.387 e. The Morgan fingerprint density at radius 2 is 1.68 bits per heavy atom. The fourth-order valence-electron chi connectivity index (χ4n) is 3.35. The van der Waals surface area contributed by atoms with Gasteiger partial charge in [0.2, 0.25) is 0 Å². The summed E-state index contributed by atoms with van der Waals surface area (Å²) in [5.41, 5.74) is -2.67. The van der Waals surface area contributed by atoms with Gasteiger partial charge >= 0.3 is 0 Å². The highest BCUT2D eigenvalue weighted by molar-refractivity contribution is 7.92. The topological polar surface area (TPSA) is 74.6 Å². The molecule has 1 heterocycles. The fourth-order valence-corrected chi connectivity index (χ4v) is 5.71. The number of halogens is 3. The molecule has 4 nitrogen and oxygen atoms in total. The van der Waals surface area contributed by atoms with Crippen molar-refractivity contribution >= 4 is 9.84 Å². The zero-order valence-electron chi connectivity index (χ0n) is 13.1. The summed E-state index contributed by atoms with van der Waals surface area (Å²) in [5.74, 6) is -4.83. The number of hydrogen-bond acceptors (Lipinski definition) is 4. The molecule has 3 rings (SSSR count). The molecule has 0 bridgehead atoms. The molecule has 0 aromatic heterocycles. The number of aliphatic hydroxyl groups excluding tert-OH is 1. The molecule has 134 valence electrons. The van der Waals surface area contributed by atoms with Gasteiger partial charge in [0.25, 0.3) is 0 Å². The van der Waals surface area contributed by atoms with Crippen molar-refractivity contribution in [1.82, 2.24) is 0 Å². The van der Waals surface area contributed by atoms with Crippen LogP contribution in [0.15, 0.2) is 41.3 Å². The van der Waals surface area contributed by atoms with Crippen molar-refractivity contribution < 1.29 is 31.8 Å². The number of sulfone groups is 1. The van der Waals surface area contributed by atoms with Crippen molar-refractivity contribution in [2.45, 2.75) is 35.2 Å². The molecule has 2 aromatic carbocycles. The lowest BCUT2D eigenvalue weighted by Gasteiger charge is -2.34. The van der Waals surface area contributed by atoms with Gasteiger partial charge in [-0.1, -0.05) is 25.1 Å². The van der Waals surface area contributed by atoms with Crippen molar-refractivity contribution in [2.24, 2.45) is 0 Å². The van der Waals surface area contributed by atoms with Gasteiger partial charge in [0.1, 0.15) is 17.0 Å². The van der Waals surface area contributed by atoms with Gasteiger partial charge in [0.15, 0.2) is 27.3 Å². The van der Waals surface area contributed by atoms with E-state index in [9.17, 15) is 31.8 Å². The number of aliphatic hydroxyl groups is 2. The van der Waals surface area contributed by atoms with E-state index < -0.39 is 49.8 Å². The van der Waals surface area contributed by atoms with Crippen molar-refractivity contribution in [3.05, 3.63) is 65.0 Å². The number of benzene rings is 2. The van der Waals surface area contributed by atoms with E-state index in [1.54, 1.807) is 0 Å². The van der Waals surface area contributed by atoms with Gasteiger partial charge in [0, 0.05) is 5.56 Å². The first-order valence-corrected chi connectivity index (χ1v) is 9.07. The first-order valence-electron chi connectivity index (χ1n) is 7.53. The van der Waals surface area contributed by atoms with Crippen LogP contribution in [0.5, 0.6) is 0 Å². The molecule has 2 aromatic rings. The summed E-state index contributed by atoms with van der Waals surface area (Å²) in [4.78, 5) is -0.151. The Morgan fingerprint density at radius 1 is 1.12 bits per heavy atom. The molecule has 3 atom stereocenters. The average Bonchev–Trinajstić information content (AvgIpc) is 2.78. The van der Waals surface area contributed by atoms with Gasteiger partial charge in [-0.25, -0.2) is 21.6 Å². The number of rotatable bonds is 3. The van der Waals surface area contributed by atoms with Gasteiger partial charge in [0.05, 0.1) is 4.90 Å². The lowest BCUT2D eigenvalue weighted by atomic mass is 9.83. The second-order valence-corrected chi connectivity index (χ2v) is 8.02. The Balaban J connectivity index is 2.23. The molecule has 1 aliphatic heterocycles. The molecule has 25 heavy (non-hydrogen) atoms. The largest absolute Gasteiger partial charge is 0.387 e. The maximum atomic E-state index is 13.6. The van der Waals surface area contributed by atoms with Crippen LogP contribution in [0.25, 0.3) is 0 Å². The zero-order chi connectivity index (χ0) is 18.6. The predicted octanol–water partition coefficient (Wildman–Crippen LogP) is 2.59. The standard InChI is InChI=1S/C17H15F3O4S/c1-2-17(22,9-7-11(18)14(20)12(19)8-9)16-15(21)10-5-3-4-6-13(10)25(16,23)24/h3-8,15-16,21-22H,2H2,1H3. The van der Waals surface area contributed by atoms with E-state index in [1.807, 2.05) is 0 Å². The average molecular weight is 372 g/mol. The summed E-state index contributed by atoms with van der Waals surface area (Å²) in [5, 5.41) is 19.7. The summed E-state index contributed by atoms with van der Waals surface area (Å²) in [6.07, 6.45) is -1.87. The number of hydrogen-bond donors (Lipinski definition) is 2. The molecule has 1 aliphatic rings. The molecular formula is C17H15F3O4S. The summed E-state index contributed by atoms with van der Waals surface area (Å²) in [7, 11) is -4.19. The third-order valence-electron chi connectivity index (χ3n) is 4.66. The molecule has 0 saturated heterocycles. The van der Waals surface area contributed by atoms with Crippen LogP contribution >= 0.6 is 0 Å². The first kappa shape index (κ1) is 17.9. The van der Waals surface area contributed by atoms with Gasteiger partial charge in [-0.05, 0) is 30.2 Å². The molecule has 0 radical (unpaired) electrons. The van der Waals surface area contributed by atoms with Gasteiger partial charge < -0.3 is 10.2 Å². The molecule has 0 spiro atoms. The molecule has 0 fully saturated rings. The lowest BCUT2D eigenvalue weighted by Crippen LogP contribution is -2.45. The van der Waals surface area contributed by atoms with E-state index in [0.29, 0.717) is 12.1 Å². The molecule has 0 saturated carbocycles. The number of fused-ring (bicyclic) bond motifs is 1. The zero-order valence-corrected chi connectivity index (χ0v) is 13.9. The Hall–Kier alpha value is -1.90. The smallest absolute Gasteiger partial charge is 0.194 e. The van der Waals surface area contributed by atoms with Crippen LogP contribution in [0.4, 0.5) is 13.2 Å². The second kappa shape index (κ2) is 5.82. The van der Waals surface area contributed by atoms with E-state index in [4.69, 9.17) is 0 Å². The fraction of sp³-hybridized carbons (Fsp3) is 0.294. The molecule has 0 aliphatic carbocycles. The lowest BCUT2D eigenvalue weighted by molar-refractivity contribution is -0.0123. The second-order valence-electron chi connectivity index (χ2n) is 5.98. The summed E-state index contributed by atoms with van der Waals surface area (Å²) in [6, 6.07) is 6.78. The van der Waals surface area contributed by atoms with Crippen LogP contribution in [-0.2, 0) is 15.4 Å². The van der Waals surface area contributed by atoms with Crippen LogP contribution in [0.3, 0.4) is 0 Å². The third kappa shape index (κ3) is 2.47. The van der Waals surface area contributed by atoms with E-state index in [2.05, 4.69) is 0 Å². The summed E-state index contributed by atoms with van der Waals surface area (Å²) in [6.45, 7) is 1.41. The highest BCUT2D eigenvalue weighted by Crippen LogP contribution is 2.48. The van der Waals surface area contributed by atoms with Crippen LogP contribution in [-0.4, -0.2) is 23.9 Å². The van der Waals surface area contributed by atoms with Gasteiger partial charge in [-0.2, -0.15) is 0 Å². The Bertz CT molecular complexity index is 922. The van der Waals surface area contributed by atoms with Crippen LogP contribution < -0.4 is 0 Å². The normalized spacial score (nSPS) is 23.9. The van der Waals surface area contributed by atoms with Crippen molar-refractivity contribution in [1.29, 1.82) is 0 Å². The van der Waals surface area contributed by atoms with Crippen LogP contribution in [0, 0.1) is 17.5 Å². The maximum Gasteiger partial charge on any atom is 0.194 e. The van der Waals surface area contributed by atoms with Crippen LogP contribution in [0.2, 0.25) is 0 Å². The minimum absolute atomic E-state index is 0.0995. The quantitative estimate of drug-likeness (QED) is 0.813. The van der Waals surface area contributed by atoms with Crippen molar-refractivity contribution in [3.8, 4) is 0 Å². The Kier molecular flexibility index (Phi) is 4.17.